The molecule has 11 aromatic rings. The van der Waals surface area contributed by atoms with Crippen LogP contribution in [0.4, 0.5) is 0 Å². The number of hydrogen-bond acceptors (Lipinski definition) is 1. The first-order chi connectivity index (χ1) is 31.2. The zero-order valence-electron chi connectivity index (χ0n) is 37.4. The number of rotatable bonds is 8. The molecule has 0 aliphatic rings. The van der Waals surface area contributed by atoms with Gasteiger partial charge in [0.25, 0.3) is 5.82 Å². The van der Waals surface area contributed by atoms with E-state index < -0.39 is 0 Å². The van der Waals surface area contributed by atoms with Crippen LogP contribution < -0.4 is 4.57 Å². The van der Waals surface area contributed by atoms with Gasteiger partial charge in [-0.3, -0.25) is 0 Å². The van der Waals surface area contributed by atoms with Crippen LogP contribution in [0.1, 0.15) is 56.2 Å². The van der Waals surface area contributed by atoms with Gasteiger partial charge in [-0.2, -0.15) is 4.57 Å². The summed E-state index contributed by atoms with van der Waals surface area (Å²) in [5.41, 5.74) is 20.2. The lowest BCUT2D eigenvalue weighted by Crippen LogP contribution is -2.30. The van der Waals surface area contributed by atoms with Crippen LogP contribution in [0.3, 0.4) is 0 Å². The number of benzene rings is 9. The summed E-state index contributed by atoms with van der Waals surface area (Å²) in [7, 11) is 2.21. The summed E-state index contributed by atoms with van der Waals surface area (Å²) >= 11 is 0. The molecule has 0 saturated carbocycles. The molecule has 0 saturated heterocycles. The van der Waals surface area contributed by atoms with Gasteiger partial charge < -0.3 is 4.42 Å². The SMILES string of the molecule is Cc1ccc2c(oc3c4ccccc4ccc23)c1-c1n(-c2c(C(C)C)cc(-c3ccc(-c4ccc(-c5ccc(-c6ccccc6)cc5)cc4)cc3)cc2C(C)C)c2ccccc2[n+]1C. The maximum absolute atomic E-state index is 7.07. The van der Waals surface area contributed by atoms with Gasteiger partial charge in [0.05, 0.1) is 7.05 Å². The van der Waals surface area contributed by atoms with E-state index in [1.807, 2.05) is 0 Å². The molecular formula is C61H51N2O+. The number of hydrogen-bond donors (Lipinski definition) is 0. The van der Waals surface area contributed by atoms with Gasteiger partial charge in [-0.15, -0.1) is 0 Å². The Morgan fingerprint density at radius 2 is 0.906 bits per heavy atom. The highest BCUT2D eigenvalue weighted by Gasteiger charge is 2.34. The average molecular weight is 828 g/mol. The smallest absolute Gasteiger partial charge is 0.299 e. The summed E-state index contributed by atoms with van der Waals surface area (Å²) in [6, 6.07) is 68.7. The summed E-state index contributed by atoms with van der Waals surface area (Å²) in [5.74, 6) is 1.63. The van der Waals surface area contributed by atoms with Crippen LogP contribution in [0, 0.1) is 6.92 Å². The summed E-state index contributed by atoms with van der Waals surface area (Å²) in [5, 5.41) is 4.59. The van der Waals surface area contributed by atoms with E-state index in [4.69, 9.17) is 4.42 Å². The van der Waals surface area contributed by atoms with E-state index in [1.54, 1.807) is 0 Å². The molecule has 0 amide bonds. The second-order valence-corrected chi connectivity index (χ2v) is 18.0. The van der Waals surface area contributed by atoms with Crippen molar-refractivity contribution < 1.29 is 8.98 Å². The van der Waals surface area contributed by atoms with Gasteiger partial charge in [-0.05, 0) is 105 Å². The Balaban J connectivity index is 1.01. The number of nitrogens with zero attached hydrogens (tertiary/aromatic N) is 2. The molecule has 0 unspecified atom stereocenters. The predicted octanol–water partition coefficient (Wildman–Crippen LogP) is 16.4. The minimum absolute atomic E-state index is 0.258. The quantitative estimate of drug-likeness (QED) is 0.140. The van der Waals surface area contributed by atoms with Crippen LogP contribution in [-0.4, -0.2) is 4.57 Å². The topological polar surface area (TPSA) is 21.9 Å². The minimum Gasteiger partial charge on any atom is -0.454 e. The second-order valence-electron chi connectivity index (χ2n) is 18.0. The van der Waals surface area contributed by atoms with Crippen molar-refractivity contribution in [1.29, 1.82) is 0 Å². The Labute approximate surface area is 375 Å². The molecule has 0 bridgehead atoms. The molecule has 0 aliphatic carbocycles. The lowest BCUT2D eigenvalue weighted by Gasteiger charge is -2.21. The van der Waals surface area contributed by atoms with Gasteiger partial charge in [0.15, 0.2) is 16.6 Å². The van der Waals surface area contributed by atoms with Crippen molar-refractivity contribution in [1.82, 2.24) is 4.57 Å². The fraction of sp³-hybridized carbons (Fsp3) is 0.131. The monoisotopic (exact) mass is 827 g/mol. The van der Waals surface area contributed by atoms with Gasteiger partial charge in [-0.25, -0.2) is 4.57 Å². The van der Waals surface area contributed by atoms with Crippen molar-refractivity contribution in [3.63, 3.8) is 0 Å². The zero-order chi connectivity index (χ0) is 43.6. The summed E-state index contributed by atoms with van der Waals surface area (Å²) in [4.78, 5) is 0. The molecule has 9 aromatic carbocycles. The van der Waals surface area contributed by atoms with E-state index in [9.17, 15) is 0 Å². The molecule has 3 nitrogen and oxygen atoms in total. The molecule has 0 N–H and O–H groups in total. The summed E-state index contributed by atoms with van der Waals surface area (Å²) < 4.78 is 12.0. The van der Waals surface area contributed by atoms with Gasteiger partial charge in [0.2, 0.25) is 0 Å². The molecule has 310 valence electrons. The van der Waals surface area contributed by atoms with Crippen LogP contribution >= 0.6 is 0 Å². The molecule has 11 rings (SSSR count). The summed E-state index contributed by atoms with van der Waals surface area (Å²) in [6.07, 6.45) is 0. The van der Waals surface area contributed by atoms with E-state index in [0.29, 0.717) is 0 Å². The molecule has 0 spiro atoms. The Morgan fingerprint density at radius 3 is 1.48 bits per heavy atom. The maximum atomic E-state index is 7.07. The highest BCUT2D eigenvalue weighted by molar-refractivity contribution is 6.17. The van der Waals surface area contributed by atoms with Gasteiger partial charge in [-0.1, -0.05) is 185 Å². The second kappa shape index (κ2) is 15.7. The fourth-order valence-electron chi connectivity index (χ4n) is 9.95. The third-order valence-electron chi connectivity index (χ3n) is 13.4. The highest BCUT2D eigenvalue weighted by atomic mass is 16.3. The first-order valence-corrected chi connectivity index (χ1v) is 22.6. The molecular weight excluding hydrogens is 777 g/mol. The normalized spacial score (nSPS) is 11.9. The van der Waals surface area contributed by atoms with Crippen LogP contribution in [0.25, 0.3) is 105 Å². The van der Waals surface area contributed by atoms with E-state index >= 15 is 0 Å². The van der Waals surface area contributed by atoms with Gasteiger partial charge in [0, 0.05) is 27.3 Å². The first-order valence-electron chi connectivity index (χ1n) is 22.6. The molecule has 0 atom stereocenters. The van der Waals surface area contributed by atoms with Crippen LogP contribution in [0.2, 0.25) is 0 Å². The number of aromatic nitrogens is 2. The fourth-order valence-corrected chi connectivity index (χ4v) is 9.95. The summed E-state index contributed by atoms with van der Waals surface area (Å²) in [6.45, 7) is 11.6. The lowest BCUT2D eigenvalue weighted by molar-refractivity contribution is -0.633. The van der Waals surface area contributed by atoms with E-state index in [1.165, 1.54) is 83.3 Å². The lowest BCUT2D eigenvalue weighted by atomic mass is 9.87. The molecule has 0 aliphatic heterocycles. The van der Waals surface area contributed by atoms with Crippen LogP contribution in [-0.2, 0) is 7.05 Å². The molecule has 0 fully saturated rings. The molecule has 2 aromatic heterocycles. The molecule has 2 heterocycles. The van der Waals surface area contributed by atoms with Gasteiger partial charge >= 0.3 is 0 Å². The van der Waals surface area contributed by atoms with Crippen LogP contribution in [0.5, 0.6) is 0 Å². The van der Waals surface area contributed by atoms with Crippen LogP contribution in [0.15, 0.2) is 192 Å². The van der Waals surface area contributed by atoms with E-state index in [2.05, 4.69) is 239 Å². The first kappa shape index (κ1) is 39.4. The number of aryl methyl sites for hydroxylation is 2. The van der Waals surface area contributed by atoms with Crippen molar-refractivity contribution in [3.8, 4) is 61.6 Å². The number of furan rings is 1. The minimum atomic E-state index is 0.258. The maximum Gasteiger partial charge on any atom is 0.299 e. The molecule has 3 heteroatoms. The number of imidazole rings is 1. The van der Waals surface area contributed by atoms with E-state index in [0.717, 1.165) is 38.7 Å². The van der Waals surface area contributed by atoms with E-state index in [-0.39, 0.29) is 11.8 Å². The number of para-hydroxylation sites is 2. The van der Waals surface area contributed by atoms with Crippen molar-refractivity contribution in [2.45, 2.75) is 46.5 Å². The highest BCUT2D eigenvalue weighted by Crippen LogP contribution is 2.44. The van der Waals surface area contributed by atoms with Gasteiger partial charge in [0.1, 0.15) is 16.8 Å². The molecule has 0 radical (unpaired) electrons. The Hall–Kier alpha value is -7.49. The third kappa shape index (κ3) is 6.54. The zero-order valence-corrected chi connectivity index (χ0v) is 37.4. The van der Waals surface area contributed by atoms with Crippen molar-refractivity contribution in [2.24, 2.45) is 7.05 Å². The Bertz CT molecular complexity index is 3500. The van der Waals surface area contributed by atoms with Crippen molar-refractivity contribution in [2.75, 3.05) is 0 Å². The predicted molar refractivity (Wildman–Crippen MR) is 269 cm³/mol. The van der Waals surface area contributed by atoms with Crippen molar-refractivity contribution in [3.05, 3.63) is 205 Å². The average Bonchev–Trinajstić information content (AvgIpc) is 3.86. The van der Waals surface area contributed by atoms with Crippen molar-refractivity contribution >= 4 is 43.7 Å². The Morgan fingerprint density at radius 1 is 0.438 bits per heavy atom. The largest absolute Gasteiger partial charge is 0.454 e. The number of fused-ring (bicyclic) bond motifs is 6. The third-order valence-corrected chi connectivity index (χ3v) is 13.4. The standard InChI is InChI=1S/C61H51N2O/c1-38(2)53-36-49(47-31-29-46(30-32-47)45-27-25-44(26-28-45)43-23-21-42(22-24-43)41-14-8-7-9-15-41)37-54(39(3)4)58(53)63-56-19-13-12-18-55(56)62(6)61(63)57-40(5)20-34-52-51-35-33-48-16-10-11-17-50(48)59(51)64-60(52)57/h7-39H,1-6H3/q+1. The molecule has 64 heavy (non-hydrogen) atoms. The Kier molecular flexibility index (Phi) is 9.65.